The van der Waals surface area contributed by atoms with E-state index in [-0.39, 0.29) is 6.54 Å². The van der Waals surface area contributed by atoms with Gasteiger partial charge in [0.05, 0.1) is 0 Å². The average Bonchev–Trinajstić information content (AvgIpc) is 2.51. The molecule has 0 saturated carbocycles. The van der Waals surface area contributed by atoms with E-state index in [9.17, 15) is 9.90 Å². The van der Waals surface area contributed by atoms with Gasteiger partial charge >= 0.3 is 5.97 Å². The molecular formula is C9H16N4O3. The number of rotatable bonds is 5. The van der Waals surface area contributed by atoms with E-state index >= 15 is 0 Å². The molecule has 1 heterocycles. The van der Waals surface area contributed by atoms with Crippen LogP contribution in [0.15, 0.2) is 5.11 Å². The van der Waals surface area contributed by atoms with Gasteiger partial charge in [-0.05, 0) is 24.8 Å². The molecule has 1 rings (SSSR count). The second-order valence-electron chi connectivity index (χ2n) is 3.73. The van der Waals surface area contributed by atoms with Crippen molar-refractivity contribution < 1.29 is 14.6 Å². The third kappa shape index (κ3) is 3.37. The Labute approximate surface area is 93.4 Å². The first-order chi connectivity index (χ1) is 7.71. The first kappa shape index (κ1) is 12.8. The summed E-state index contributed by atoms with van der Waals surface area (Å²) in [5.74, 6) is -0.862. The number of nitrogens with one attached hydrogen (secondary N) is 1. The third-order valence-corrected chi connectivity index (χ3v) is 2.71. The van der Waals surface area contributed by atoms with Crippen molar-refractivity contribution in [2.45, 2.75) is 24.8 Å². The molecule has 1 aliphatic rings. The molecule has 0 radical (unpaired) electrons. The molecule has 7 nitrogen and oxygen atoms in total. The molecule has 90 valence electrons. The Hall–Kier alpha value is -1.30. The van der Waals surface area contributed by atoms with Crippen molar-refractivity contribution in [2.75, 3.05) is 26.3 Å². The van der Waals surface area contributed by atoms with Crippen molar-refractivity contribution in [3.8, 4) is 0 Å². The molecule has 7 heteroatoms. The molecular weight excluding hydrogens is 212 g/mol. The molecule has 0 amide bonds. The van der Waals surface area contributed by atoms with Crippen molar-refractivity contribution in [1.29, 1.82) is 0 Å². The summed E-state index contributed by atoms with van der Waals surface area (Å²) in [6, 6.07) is 0. The molecule has 0 aromatic heterocycles. The molecule has 0 spiro atoms. The van der Waals surface area contributed by atoms with Gasteiger partial charge in [-0.25, -0.2) is 0 Å². The van der Waals surface area contributed by atoms with Crippen LogP contribution >= 0.6 is 0 Å². The summed E-state index contributed by atoms with van der Waals surface area (Å²) < 4.78 is 5.24. The number of carboxylic acid groups (broad SMARTS) is 1. The first-order valence-corrected chi connectivity index (χ1v) is 5.28. The van der Waals surface area contributed by atoms with Crippen LogP contribution in [0.4, 0.5) is 0 Å². The van der Waals surface area contributed by atoms with Gasteiger partial charge in [0, 0.05) is 31.2 Å². The normalized spacial score (nSPS) is 25.5. The van der Waals surface area contributed by atoms with Gasteiger partial charge in [-0.3, -0.25) is 4.79 Å². The molecule has 16 heavy (non-hydrogen) atoms. The predicted octanol–water partition coefficient (Wildman–Crippen LogP) is 0.910. The van der Waals surface area contributed by atoms with Crippen LogP contribution in [0.3, 0.4) is 0 Å². The number of azide groups is 1. The molecule has 0 aromatic rings. The lowest BCUT2D eigenvalue weighted by Gasteiger charge is -2.28. The maximum atomic E-state index is 11.3. The quantitative estimate of drug-likeness (QED) is 0.315. The van der Waals surface area contributed by atoms with E-state index < -0.39 is 11.5 Å². The van der Waals surface area contributed by atoms with E-state index in [4.69, 9.17) is 10.3 Å². The second kappa shape index (κ2) is 6.32. The Kier molecular flexibility index (Phi) is 5.04. The molecule has 1 saturated heterocycles. The minimum absolute atomic E-state index is 0.256. The van der Waals surface area contributed by atoms with Gasteiger partial charge in [-0.1, -0.05) is 5.11 Å². The summed E-state index contributed by atoms with van der Waals surface area (Å²) in [5, 5.41) is 15.6. The van der Waals surface area contributed by atoms with Crippen LogP contribution in [-0.4, -0.2) is 42.9 Å². The number of carbonyl (C=O) groups is 1. The van der Waals surface area contributed by atoms with Crippen LogP contribution < -0.4 is 5.32 Å². The smallest absolute Gasteiger partial charge is 0.323 e. The summed E-state index contributed by atoms with van der Waals surface area (Å²) in [4.78, 5) is 13.9. The third-order valence-electron chi connectivity index (χ3n) is 2.71. The summed E-state index contributed by atoms with van der Waals surface area (Å²) in [5.41, 5.74) is 7.19. The molecule has 0 aliphatic carbocycles. The number of hydrogen-bond donors (Lipinski definition) is 2. The molecule has 2 N–H and O–H groups in total. The van der Waals surface area contributed by atoms with Crippen LogP contribution in [0, 0.1) is 0 Å². The number of ether oxygens (including phenoxy) is 1. The summed E-state index contributed by atoms with van der Waals surface area (Å²) in [7, 11) is 0. The highest BCUT2D eigenvalue weighted by Crippen LogP contribution is 2.21. The largest absolute Gasteiger partial charge is 0.480 e. The fourth-order valence-corrected chi connectivity index (χ4v) is 1.81. The van der Waals surface area contributed by atoms with Gasteiger partial charge in [-0.15, -0.1) is 0 Å². The molecule has 1 aliphatic heterocycles. The molecule has 0 bridgehead atoms. The van der Waals surface area contributed by atoms with Crippen LogP contribution in [0.25, 0.3) is 10.4 Å². The Bertz CT molecular complexity index is 280. The zero-order chi connectivity index (χ0) is 11.9. The van der Waals surface area contributed by atoms with E-state index in [0.717, 1.165) is 6.42 Å². The van der Waals surface area contributed by atoms with E-state index in [1.165, 1.54) is 0 Å². The zero-order valence-corrected chi connectivity index (χ0v) is 9.06. The van der Waals surface area contributed by atoms with Crippen LogP contribution in [0.1, 0.15) is 19.3 Å². The number of aliphatic carboxylic acids is 1. The highest BCUT2D eigenvalue weighted by atomic mass is 16.5. The van der Waals surface area contributed by atoms with Crippen molar-refractivity contribution in [1.82, 2.24) is 5.32 Å². The van der Waals surface area contributed by atoms with E-state index in [1.54, 1.807) is 0 Å². The van der Waals surface area contributed by atoms with Gasteiger partial charge in [0.15, 0.2) is 0 Å². The Morgan fingerprint density at radius 3 is 3.06 bits per heavy atom. The van der Waals surface area contributed by atoms with Crippen molar-refractivity contribution in [2.24, 2.45) is 5.11 Å². The van der Waals surface area contributed by atoms with Crippen LogP contribution in [0.2, 0.25) is 0 Å². The van der Waals surface area contributed by atoms with E-state index in [1.807, 2.05) is 0 Å². The first-order valence-electron chi connectivity index (χ1n) is 5.28. The predicted molar refractivity (Wildman–Crippen MR) is 57.1 cm³/mol. The van der Waals surface area contributed by atoms with Crippen molar-refractivity contribution in [3.63, 3.8) is 0 Å². The zero-order valence-electron chi connectivity index (χ0n) is 9.06. The Balaban J connectivity index is 2.56. The number of hydrogen-bond acceptors (Lipinski definition) is 4. The van der Waals surface area contributed by atoms with Gasteiger partial charge in [0.1, 0.15) is 5.54 Å². The summed E-state index contributed by atoms with van der Waals surface area (Å²) in [6.45, 7) is 1.68. The van der Waals surface area contributed by atoms with Gasteiger partial charge < -0.3 is 15.2 Å². The minimum atomic E-state index is -0.929. The van der Waals surface area contributed by atoms with E-state index in [2.05, 4.69) is 15.3 Å². The maximum absolute atomic E-state index is 11.3. The monoisotopic (exact) mass is 228 g/mol. The van der Waals surface area contributed by atoms with Crippen molar-refractivity contribution >= 4 is 5.97 Å². The second-order valence-corrected chi connectivity index (χ2v) is 3.73. The molecule has 1 atom stereocenters. The summed E-state index contributed by atoms with van der Waals surface area (Å²) in [6.07, 6.45) is 1.71. The lowest BCUT2D eigenvalue weighted by atomic mass is 9.90. The maximum Gasteiger partial charge on any atom is 0.323 e. The molecule has 0 aromatic carbocycles. The minimum Gasteiger partial charge on any atom is -0.480 e. The Morgan fingerprint density at radius 1 is 1.56 bits per heavy atom. The summed E-state index contributed by atoms with van der Waals surface area (Å²) >= 11 is 0. The molecule has 1 unspecified atom stereocenters. The molecule has 1 fully saturated rings. The van der Waals surface area contributed by atoms with Crippen LogP contribution in [0.5, 0.6) is 0 Å². The lowest BCUT2D eigenvalue weighted by Crippen LogP contribution is -2.53. The lowest BCUT2D eigenvalue weighted by molar-refractivity contribution is -0.145. The topological polar surface area (TPSA) is 107 Å². The Morgan fingerprint density at radius 2 is 2.38 bits per heavy atom. The SMILES string of the molecule is [N-]=[N+]=NCCNC1(C(=O)O)CCCOCC1. The van der Waals surface area contributed by atoms with Crippen molar-refractivity contribution in [3.05, 3.63) is 10.4 Å². The number of carboxylic acids is 1. The highest BCUT2D eigenvalue weighted by molar-refractivity contribution is 5.78. The van der Waals surface area contributed by atoms with Gasteiger partial charge in [0.2, 0.25) is 0 Å². The van der Waals surface area contributed by atoms with E-state index in [0.29, 0.717) is 32.6 Å². The number of nitrogens with zero attached hydrogens (tertiary/aromatic N) is 3. The standard InChI is InChI=1S/C9H16N4O3/c10-13-12-5-4-11-9(8(14)15)2-1-6-16-7-3-9/h11H,1-7H2,(H,14,15). The van der Waals surface area contributed by atoms with Gasteiger partial charge in [0.25, 0.3) is 0 Å². The van der Waals surface area contributed by atoms with Gasteiger partial charge in [-0.2, -0.15) is 0 Å². The highest BCUT2D eigenvalue weighted by Gasteiger charge is 2.38. The van der Waals surface area contributed by atoms with Crippen LogP contribution in [-0.2, 0) is 9.53 Å². The average molecular weight is 228 g/mol. The fraction of sp³-hybridized carbons (Fsp3) is 0.889. The fourth-order valence-electron chi connectivity index (χ4n) is 1.81.